The molecule has 0 spiro atoms. The summed E-state index contributed by atoms with van der Waals surface area (Å²) in [5, 5.41) is 0. The number of carbonyl (C=O) groups excluding carboxylic acids is 1. The molecule has 1 unspecified atom stereocenters. The normalized spacial score (nSPS) is 12.3. The first-order valence-corrected chi connectivity index (χ1v) is 10.9. The van der Waals surface area contributed by atoms with Crippen LogP contribution in [0.1, 0.15) is 124 Å². The summed E-state index contributed by atoms with van der Waals surface area (Å²) in [5.41, 5.74) is 0. The average molecular weight is 341 g/mol. The van der Waals surface area contributed by atoms with Gasteiger partial charge >= 0.3 is 5.97 Å². The number of esters is 1. The van der Waals surface area contributed by atoms with E-state index in [4.69, 9.17) is 4.74 Å². The van der Waals surface area contributed by atoms with Gasteiger partial charge in [-0.15, -0.1) is 0 Å². The summed E-state index contributed by atoms with van der Waals surface area (Å²) in [7, 11) is 0. The molecule has 0 aromatic rings. The van der Waals surface area contributed by atoms with Gasteiger partial charge in [-0.2, -0.15) is 0 Å². The maximum atomic E-state index is 11.9. The number of hydrogen-bond donors (Lipinski definition) is 0. The van der Waals surface area contributed by atoms with Gasteiger partial charge in [0.05, 0.1) is 12.5 Å². The maximum absolute atomic E-state index is 11.9. The fourth-order valence-electron chi connectivity index (χ4n) is 3.08. The van der Waals surface area contributed by atoms with Crippen LogP contribution in [0.5, 0.6) is 0 Å². The standard InChI is InChI=1S/C22H44O2/c1-4-6-8-10-11-12-13-14-15-16-18-20-24-22(23)21(3)19-17-9-7-5-2/h21H,4-20H2,1-3H3. The lowest BCUT2D eigenvalue weighted by Crippen LogP contribution is -2.15. The van der Waals surface area contributed by atoms with Crippen molar-refractivity contribution in [2.75, 3.05) is 6.61 Å². The van der Waals surface area contributed by atoms with Crippen molar-refractivity contribution in [3.63, 3.8) is 0 Å². The summed E-state index contributed by atoms with van der Waals surface area (Å²) in [4.78, 5) is 11.9. The molecule has 0 aromatic heterocycles. The van der Waals surface area contributed by atoms with E-state index in [9.17, 15) is 4.79 Å². The van der Waals surface area contributed by atoms with E-state index < -0.39 is 0 Å². The smallest absolute Gasteiger partial charge is 0.308 e. The minimum Gasteiger partial charge on any atom is -0.465 e. The van der Waals surface area contributed by atoms with E-state index in [2.05, 4.69) is 13.8 Å². The number of hydrogen-bond acceptors (Lipinski definition) is 2. The van der Waals surface area contributed by atoms with Crippen LogP contribution < -0.4 is 0 Å². The summed E-state index contributed by atoms with van der Waals surface area (Å²) in [5.74, 6) is 0.0909. The van der Waals surface area contributed by atoms with E-state index in [-0.39, 0.29) is 11.9 Å². The molecule has 0 bridgehead atoms. The third-order valence-electron chi connectivity index (χ3n) is 4.89. The SMILES string of the molecule is CCCCCCCCCCCCCOC(=O)C(C)CCCCCC. The molecule has 0 aliphatic heterocycles. The molecular formula is C22H44O2. The fraction of sp³-hybridized carbons (Fsp3) is 0.955. The minimum absolute atomic E-state index is 0.0126. The highest BCUT2D eigenvalue weighted by Crippen LogP contribution is 2.13. The molecular weight excluding hydrogens is 296 g/mol. The van der Waals surface area contributed by atoms with Gasteiger partial charge in [0, 0.05) is 0 Å². The number of unbranched alkanes of at least 4 members (excludes halogenated alkanes) is 13. The minimum atomic E-state index is 0.0126. The molecule has 24 heavy (non-hydrogen) atoms. The average Bonchev–Trinajstić information content (AvgIpc) is 2.59. The quantitative estimate of drug-likeness (QED) is 0.191. The van der Waals surface area contributed by atoms with Gasteiger partial charge < -0.3 is 4.74 Å². The van der Waals surface area contributed by atoms with Crippen LogP contribution in [0.4, 0.5) is 0 Å². The van der Waals surface area contributed by atoms with Crippen LogP contribution in [-0.4, -0.2) is 12.6 Å². The molecule has 0 saturated heterocycles. The van der Waals surface area contributed by atoms with Crippen molar-refractivity contribution in [3.8, 4) is 0 Å². The molecule has 0 aliphatic carbocycles. The summed E-state index contributed by atoms with van der Waals surface area (Å²) < 4.78 is 5.40. The summed E-state index contributed by atoms with van der Waals surface area (Å²) >= 11 is 0. The number of rotatable bonds is 18. The predicted molar refractivity (Wildman–Crippen MR) is 105 cm³/mol. The van der Waals surface area contributed by atoms with Crippen molar-refractivity contribution in [2.24, 2.45) is 5.92 Å². The van der Waals surface area contributed by atoms with Gasteiger partial charge in [-0.1, -0.05) is 111 Å². The van der Waals surface area contributed by atoms with Gasteiger partial charge in [-0.25, -0.2) is 0 Å². The fourth-order valence-corrected chi connectivity index (χ4v) is 3.08. The van der Waals surface area contributed by atoms with E-state index in [1.165, 1.54) is 83.5 Å². The van der Waals surface area contributed by atoms with Gasteiger partial charge in [0.15, 0.2) is 0 Å². The van der Waals surface area contributed by atoms with Gasteiger partial charge in [0.2, 0.25) is 0 Å². The largest absolute Gasteiger partial charge is 0.465 e. The first kappa shape index (κ1) is 23.5. The molecule has 2 heteroatoms. The van der Waals surface area contributed by atoms with Crippen LogP contribution in [0.25, 0.3) is 0 Å². The van der Waals surface area contributed by atoms with Crippen molar-refractivity contribution in [2.45, 2.75) is 124 Å². The van der Waals surface area contributed by atoms with Crippen molar-refractivity contribution in [1.29, 1.82) is 0 Å². The Kier molecular flexibility index (Phi) is 18.4. The maximum Gasteiger partial charge on any atom is 0.308 e. The van der Waals surface area contributed by atoms with E-state index in [0.29, 0.717) is 6.61 Å². The monoisotopic (exact) mass is 340 g/mol. The molecule has 144 valence electrons. The highest BCUT2D eigenvalue weighted by Gasteiger charge is 2.13. The molecule has 0 rings (SSSR count). The second-order valence-electron chi connectivity index (χ2n) is 7.45. The number of ether oxygens (including phenoxy) is 1. The van der Waals surface area contributed by atoms with Crippen molar-refractivity contribution in [1.82, 2.24) is 0 Å². The van der Waals surface area contributed by atoms with Gasteiger partial charge in [0.25, 0.3) is 0 Å². The Morgan fingerprint density at radius 3 is 1.58 bits per heavy atom. The molecule has 0 aliphatic rings. The van der Waals surface area contributed by atoms with Crippen molar-refractivity contribution in [3.05, 3.63) is 0 Å². The van der Waals surface area contributed by atoms with Crippen molar-refractivity contribution >= 4 is 5.97 Å². The predicted octanol–water partition coefficient (Wildman–Crippen LogP) is 7.45. The Hall–Kier alpha value is -0.530. The Labute approximate surface area is 152 Å². The lowest BCUT2D eigenvalue weighted by atomic mass is 10.0. The molecule has 0 aromatic carbocycles. The summed E-state index contributed by atoms with van der Waals surface area (Å²) in [6.45, 7) is 7.11. The van der Waals surface area contributed by atoms with Crippen LogP contribution in [0.15, 0.2) is 0 Å². The van der Waals surface area contributed by atoms with Crippen LogP contribution in [0.2, 0.25) is 0 Å². The highest BCUT2D eigenvalue weighted by atomic mass is 16.5. The van der Waals surface area contributed by atoms with Crippen LogP contribution in [0, 0.1) is 5.92 Å². The van der Waals surface area contributed by atoms with E-state index >= 15 is 0 Å². The first-order chi connectivity index (χ1) is 11.7. The summed E-state index contributed by atoms with van der Waals surface area (Å²) in [6.07, 6.45) is 20.5. The molecule has 0 radical (unpaired) electrons. The third-order valence-corrected chi connectivity index (χ3v) is 4.89. The molecule has 1 atom stereocenters. The van der Waals surface area contributed by atoms with E-state index in [1.54, 1.807) is 0 Å². The van der Waals surface area contributed by atoms with Crippen molar-refractivity contribution < 1.29 is 9.53 Å². The Morgan fingerprint density at radius 2 is 1.08 bits per heavy atom. The Bertz CT molecular complexity index is 263. The van der Waals surface area contributed by atoms with Crippen LogP contribution >= 0.6 is 0 Å². The zero-order valence-electron chi connectivity index (χ0n) is 16.9. The first-order valence-electron chi connectivity index (χ1n) is 10.9. The van der Waals surface area contributed by atoms with Gasteiger partial charge in [0.1, 0.15) is 0 Å². The topological polar surface area (TPSA) is 26.3 Å². The molecule has 0 amide bonds. The lowest BCUT2D eigenvalue weighted by Gasteiger charge is -2.11. The molecule has 0 N–H and O–H groups in total. The zero-order valence-corrected chi connectivity index (χ0v) is 16.9. The Morgan fingerprint density at radius 1 is 0.667 bits per heavy atom. The summed E-state index contributed by atoms with van der Waals surface area (Å²) in [6, 6.07) is 0. The second-order valence-corrected chi connectivity index (χ2v) is 7.45. The van der Waals surface area contributed by atoms with Gasteiger partial charge in [-0.3, -0.25) is 4.79 Å². The van der Waals surface area contributed by atoms with E-state index in [0.717, 1.165) is 19.3 Å². The lowest BCUT2D eigenvalue weighted by molar-refractivity contribution is -0.148. The van der Waals surface area contributed by atoms with Crippen LogP contribution in [-0.2, 0) is 9.53 Å². The zero-order chi connectivity index (χ0) is 17.9. The molecule has 0 heterocycles. The number of carbonyl (C=O) groups is 1. The molecule has 0 fully saturated rings. The molecule has 0 saturated carbocycles. The van der Waals surface area contributed by atoms with Crippen LogP contribution in [0.3, 0.4) is 0 Å². The third kappa shape index (κ3) is 16.3. The highest BCUT2D eigenvalue weighted by molar-refractivity contribution is 5.71. The molecule has 2 nitrogen and oxygen atoms in total. The van der Waals surface area contributed by atoms with Gasteiger partial charge in [-0.05, 0) is 12.8 Å². The second kappa shape index (κ2) is 18.8. The Balaban J connectivity index is 3.26. The van der Waals surface area contributed by atoms with E-state index in [1.807, 2.05) is 6.92 Å².